The molecule has 1 aliphatic rings. The van der Waals surface area contributed by atoms with Gasteiger partial charge in [-0.15, -0.1) is 12.4 Å². The second-order valence-electron chi connectivity index (χ2n) is 6.05. The fourth-order valence-electron chi connectivity index (χ4n) is 2.89. The van der Waals surface area contributed by atoms with Gasteiger partial charge in [0.2, 0.25) is 10.0 Å². The fourth-order valence-corrected chi connectivity index (χ4v) is 4.36. The standard InChI is InChI=1S/C17H28N2O4S.ClH/c1-18-10-7-15-8-11-19(12-9-15)24(20,21)17-5-3-16(4-6-17)23-14-13-22-2;/h3-6,15,18H,7-14H2,1-2H3;1H. The Morgan fingerprint density at radius 1 is 1.16 bits per heavy atom. The first-order valence-electron chi connectivity index (χ1n) is 8.44. The molecule has 0 amide bonds. The molecule has 1 aromatic carbocycles. The van der Waals surface area contributed by atoms with Crippen molar-refractivity contribution in [3.63, 3.8) is 0 Å². The minimum atomic E-state index is -3.41. The third-order valence-electron chi connectivity index (χ3n) is 4.39. The lowest BCUT2D eigenvalue weighted by atomic mass is 9.95. The molecule has 0 unspecified atom stereocenters. The van der Waals surface area contributed by atoms with Crippen LogP contribution in [-0.4, -0.2) is 59.7 Å². The van der Waals surface area contributed by atoms with Crippen molar-refractivity contribution in [2.75, 3.05) is 47.0 Å². The normalized spacial score (nSPS) is 16.4. The molecule has 0 spiro atoms. The number of halogens is 1. The van der Waals surface area contributed by atoms with Gasteiger partial charge in [-0.2, -0.15) is 4.31 Å². The second-order valence-corrected chi connectivity index (χ2v) is 7.99. The topological polar surface area (TPSA) is 67.9 Å². The number of benzene rings is 1. The SMILES string of the molecule is CNCCC1CCN(S(=O)(=O)c2ccc(OCCOC)cc2)CC1.Cl. The van der Waals surface area contributed by atoms with Crippen LogP contribution >= 0.6 is 12.4 Å². The van der Waals surface area contributed by atoms with Crippen LogP contribution in [0.3, 0.4) is 0 Å². The molecule has 0 saturated carbocycles. The van der Waals surface area contributed by atoms with Crippen molar-refractivity contribution in [2.45, 2.75) is 24.2 Å². The molecular formula is C17H29ClN2O4S. The zero-order valence-corrected chi connectivity index (χ0v) is 16.6. The zero-order chi connectivity index (χ0) is 17.4. The van der Waals surface area contributed by atoms with E-state index in [1.54, 1.807) is 35.7 Å². The monoisotopic (exact) mass is 392 g/mol. The summed E-state index contributed by atoms with van der Waals surface area (Å²) in [6.07, 6.45) is 2.97. The minimum absolute atomic E-state index is 0. The molecule has 8 heteroatoms. The molecule has 0 atom stereocenters. The van der Waals surface area contributed by atoms with Crippen molar-refractivity contribution in [3.8, 4) is 5.75 Å². The van der Waals surface area contributed by atoms with Crippen LogP contribution in [0.2, 0.25) is 0 Å². The number of ether oxygens (including phenoxy) is 2. The number of nitrogens with zero attached hydrogens (tertiary/aromatic N) is 1. The Kier molecular flexibility index (Phi) is 9.74. The zero-order valence-electron chi connectivity index (χ0n) is 14.9. The lowest BCUT2D eigenvalue weighted by Gasteiger charge is -2.31. The van der Waals surface area contributed by atoms with Crippen LogP contribution in [0.15, 0.2) is 29.2 Å². The average Bonchev–Trinajstić information content (AvgIpc) is 2.61. The van der Waals surface area contributed by atoms with E-state index >= 15 is 0 Å². The highest BCUT2D eigenvalue weighted by Gasteiger charge is 2.29. The molecule has 1 saturated heterocycles. The van der Waals surface area contributed by atoms with Crippen molar-refractivity contribution in [3.05, 3.63) is 24.3 Å². The molecule has 1 N–H and O–H groups in total. The van der Waals surface area contributed by atoms with Crippen LogP contribution in [0.1, 0.15) is 19.3 Å². The number of rotatable bonds is 9. The Bertz CT molecular complexity index is 587. The largest absolute Gasteiger partial charge is 0.491 e. The van der Waals surface area contributed by atoms with E-state index < -0.39 is 10.0 Å². The smallest absolute Gasteiger partial charge is 0.243 e. The van der Waals surface area contributed by atoms with Crippen LogP contribution in [0.4, 0.5) is 0 Å². The Balaban J connectivity index is 0.00000312. The van der Waals surface area contributed by atoms with Crippen LogP contribution in [0.5, 0.6) is 5.75 Å². The first-order valence-corrected chi connectivity index (χ1v) is 9.88. The molecule has 0 bridgehead atoms. The number of sulfonamides is 1. The van der Waals surface area contributed by atoms with E-state index in [4.69, 9.17) is 9.47 Å². The van der Waals surface area contributed by atoms with Crippen molar-refractivity contribution in [1.29, 1.82) is 0 Å². The van der Waals surface area contributed by atoms with Gasteiger partial charge in [0.25, 0.3) is 0 Å². The second kappa shape index (κ2) is 11.0. The van der Waals surface area contributed by atoms with Gasteiger partial charge in [-0.3, -0.25) is 0 Å². The quantitative estimate of drug-likeness (QED) is 0.652. The lowest BCUT2D eigenvalue weighted by molar-refractivity contribution is 0.146. The third-order valence-corrected chi connectivity index (χ3v) is 6.31. The van der Waals surface area contributed by atoms with Gasteiger partial charge in [-0.05, 0) is 63.0 Å². The Labute approximate surface area is 157 Å². The van der Waals surface area contributed by atoms with Crippen LogP contribution < -0.4 is 10.1 Å². The fraction of sp³-hybridized carbons (Fsp3) is 0.647. The average molecular weight is 393 g/mol. The van der Waals surface area contributed by atoms with E-state index in [-0.39, 0.29) is 12.4 Å². The summed E-state index contributed by atoms with van der Waals surface area (Å²) in [4.78, 5) is 0.329. The molecular weight excluding hydrogens is 364 g/mol. The van der Waals surface area contributed by atoms with E-state index in [2.05, 4.69) is 5.32 Å². The molecule has 0 aromatic heterocycles. The van der Waals surface area contributed by atoms with Gasteiger partial charge >= 0.3 is 0 Å². The molecule has 1 heterocycles. The highest BCUT2D eigenvalue weighted by atomic mass is 35.5. The summed E-state index contributed by atoms with van der Waals surface area (Å²) >= 11 is 0. The molecule has 25 heavy (non-hydrogen) atoms. The minimum Gasteiger partial charge on any atom is -0.491 e. The van der Waals surface area contributed by atoms with Crippen LogP contribution in [0.25, 0.3) is 0 Å². The van der Waals surface area contributed by atoms with E-state index in [1.807, 2.05) is 7.05 Å². The van der Waals surface area contributed by atoms with Gasteiger partial charge in [0.1, 0.15) is 12.4 Å². The summed E-state index contributed by atoms with van der Waals surface area (Å²) in [6.45, 7) is 3.14. The van der Waals surface area contributed by atoms with Crippen LogP contribution in [-0.2, 0) is 14.8 Å². The molecule has 0 radical (unpaired) electrons. The maximum absolute atomic E-state index is 12.7. The predicted molar refractivity (Wildman–Crippen MR) is 101 cm³/mol. The number of hydrogen-bond acceptors (Lipinski definition) is 5. The first kappa shape index (κ1) is 22.2. The summed E-state index contributed by atoms with van der Waals surface area (Å²) in [7, 11) is 0.148. The lowest BCUT2D eigenvalue weighted by Crippen LogP contribution is -2.38. The summed E-state index contributed by atoms with van der Waals surface area (Å²) in [5.74, 6) is 1.26. The van der Waals surface area contributed by atoms with E-state index in [0.29, 0.717) is 42.9 Å². The number of methoxy groups -OCH3 is 1. The van der Waals surface area contributed by atoms with Gasteiger partial charge in [0.05, 0.1) is 11.5 Å². The van der Waals surface area contributed by atoms with Crippen molar-refractivity contribution >= 4 is 22.4 Å². The molecule has 6 nitrogen and oxygen atoms in total. The summed E-state index contributed by atoms with van der Waals surface area (Å²) in [5.41, 5.74) is 0. The number of nitrogens with one attached hydrogen (secondary N) is 1. The van der Waals surface area contributed by atoms with E-state index in [0.717, 1.165) is 25.8 Å². The molecule has 1 aliphatic heterocycles. The van der Waals surface area contributed by atoms with Gasteiger partial charge in [-0.25, -0.2) is 8.42 Å². The van der Waals surface area contributed by atoms with Crippen LogP contribution in [0, 0.1) is 5.92 Å². The predicted octanol–water partition coefficient (Wildman–Crippen LogP) is 2.14. The van der Waals surface area contributed by atoms with Crippen molar-refractivity contribution < 1.29 is 17.9 Å². The summed E-state index contributed by atoms with van der Waals surface area (Å²) in [6, 6.07) is 6.62. The van der Waals surface area contributed by atoms with Gasteiger partial charge in [-0.1, -0.05) is 0 Å². The van der Waals surface area contributed by atoms with E-state index in [9.17, 15) is 8.42 Å². The van der Waals surface area contributed by atoms with Gasteiger partial charge in [0.15, 0.2) is 0 Å². The highest BCUT2D eigenvalue weighted by molar-refractivity contribution is 7.89. The molecule has 2 rings (SSSR count). The van der Waals surface area contributed by atoms with Crippen molar-refractivity contribution in [1.82, 2.24) is 9.62 Å². The maximum Gasteiger partial charge on any atom is 0.243 e. The Hall–Kier alpha value is -0.860. The first-order chi connectivity index (χ1) is 11.6. The molecule has 144 valence electrons. The Morgan fingerprint density at radius 2 is 1.80 bits per heavy atom. The summed E-state index contributed by atoms with van der Waals surface area (Å²) < 4.78 is 37.5. The van der Waals surface area contributed by atoms with Crippen molar-refractivity contribution in [2.24, 2.45) is 5.92 Å². The summed E-state index contributed by atoms with van der Waals surface area (Å²) in [5, 5.41) is 3.15. The molecule has 0 aliphatic carbocycles. The number of piperidine rings is 1. The van der Waals surface area contributed by atoms with Gasteiger partial charge in [0, 0.05) is 20.2 Å². The maximum atomic E-state index is 12.7. The highest BCUT2D eigenvalue weighted by Crippen LogP contribution is 2.26. The van der Waals surface area contributed by atoms with Gasteiger partial charge < -0.3 is 14.8 Å². The third kappa shape index (κ3) is 6.42. The van der Waals surface area contributed by atoms with E-state index in [1.165, 1.54) is 0 Å². The molecule has 1 aromatic rings. The molecule has 1 fully saturated rings. The Morgan fingerprint density at radius 3 is 2.36 bits per heavy atom. The number of hydrogen-bond donors (Lipinski definition) is 1.